The van der Waals surface area contributed by atoms with Crippen molar-refractivity contribution in [3.8, 4) is 11.3 Å². The van der Waals surface area contributed by atoms with Crippen LogP contribution < -0.4 is 5.56 Å². The molecule has 3 aromatic rings. The molecule has 184 valence electrons. The minimum absolute atomic E-state index is 0.0790. The third-order valence-corrected chi connectivity index (χ3v) is 7.23. The summed E-state index contributed by atoms with van der Waals surface area (Å²) in [6, 6.07) is 11.9. The summed E-state index contributed by atoms with van der Waals surface area (Å²) in [5.41, 5.74) is 3.38. The second-order valence-electron chi connectivity index (χ2n) is 11.2. The molecule has 2 saturated heterocycles. The Bertz CT molecular complexity index is 1310. The Morgan fingerprint density at radius 1 is 1.11 bits per heavy atom. The fraction of sp³-hybridized carbons (Fsp3) is 0.464. The van der Waals surface area contributed by atoms with Gasteiger partial charge in [0, 0.05) is 48.7 Å². The van der Waals surface area contributed by atoms with Crippen LogP contribution in [0, 0.1) is 12.3 Å². The number of rotatable bonds is 3. The van der Waals surface area contributed by atoms with Gasteiger partial charge in [-0.25, -0.2) is 4.79 Å². The lowest BCUT2D eigenvalue weighted by Gasteiger charge is -2.27. The number of aromatic amines is 1. The highest BCUT2D eigenvalue weighted by Crippen LogP contribution is 2.40. The molecule has 1 amide bonds. The molecule has 0 bridgehead atoms. The molecule has 5 rings (SSSR count). The Hall–Kier alpha value is -3.19. The number of pyridine rings is 2. The number of benzene rings is 1. The van der Waals surface area contributed by atoms with Crippen molar-refractivity contribution in [2.75, 3.05) is 26.2 Å². The van der Waals surface area contributed by atoms with Crippen LogP contribution in [0.1, 0.15) is 44.9 Å². The summed E-state index contributed by atoms with van der Waals surface area (Å²) in [6.45, 7) is 12.0. The number of likely N-dealkylation sites (tertiary alicyclic amines) is 2. The maximum absolute atomic E-state index is 12.6. The van der Waals surface area contributed by atoms with Gasteiger partial charge in [0.05, 0.1) is 11.4 Å². The molecule has 1 spiro atoms. The first kappa shape index (κ1) is 23.5. The quantitative estimate of drug-likeness (QED) is 0.594. The molecule has 2 aliphatic rings. The van der Waals surface area contributed by atoms with E-state index in [-0.39, 0.29) is 17.1 Å². The molecule has 0 aliphatic carbocycles. The van der Waals surface area contributed by atoms with E-state index in [1.54, 1.807) is 0 Å². The van der Waals surface area contributed by atoms with Crippen molar-refractivity contribution >= 4 is 16.9 Å². The molecule has 1 N–H and O–H groups in total. The Morgan fingerprint density at radius 2 is 1.91 bits per heavy atom. The number of aromatic nitrogens is 2. The number of fused-ring (bicyclic) bond motifs is 1. The normalized spacial score (nSPS) is 20.7. The van der Waals surface area contributed by atoms with Crippen LogP contribution in [0.4, 0.5) is 4.79 Å². The van der Waals surface area contributed by atoms with Gasteiger partial charge in [0.25, 0.3) is 5.56 Å². The number of ether oxygens (including phenoxy) is 1. The van der Waals surface area contributed by atoms with E-state index in [1.807, 2.05) is 75.2 Å². The second-order valence-corrected chi connectivity index (χ2v) is 11.2. The summed E-state index contributed by atoms with van der Waals surface area (Å²) in [5, 5.41) is 1.67. The van der Waals surface area contributed by atoms with Crippen LogP contribution in [0.5, 0.6) is 0 Å². The summed E-state index contributed by atoms with van der Waals surface area (Å²) in [4.78, 5) is 37.1. The number of aryl methyl sites for hydroxylation is 1. The standard InChI is InChI=1S/C28H34N4O3/c1-19-6-5-7-22-23(19)14-24(30-25(22)33)20-8-9-21(29-15-20)16-31-12-10-28(17-31)11-13-32(18-28)26(34)35-27(2,3)4/h5-9,14-15H,10-13,16-18H2,1-4H3,(H,30,33). The first-order valence-electron chi connectivity index (χ1n) is 12.4. The number of carbonyl (C=O) groups excluding carboxylic acids is 1. The van der Waals surface area contributed by atoms with Gasteiger partial charge in [0.1, 0.15) is 5.60 Å². The number of nitrogens with zero attached hydrogens (tertiary/aromatic N) is 3. The van der Waals surface area contributed by atoms with E-state index in [4.69, 9.17) is 9.72 Å². The summed E-state index contributed by atoms with van der Waals surface area (Å²) < 4.78 is 5.57. The van der Waals surface area contributed by atoms with Crippen LogP contribution in [-0.2, 0) is 11.3 Å². The Kier molecular flexibility index (Phi) is 5.91. The van der Waals surface area contributed by atoms with E-state index in [0.717, 1.165) is 73.5 Å². The molecular formula is C28H34N4O3. The fourth-order valence-electron chi connectivity index (χ4n) is 5.42. The highest BCUT2D eigenvalue weighted by molar-refractivity contribution is 5.87. The van der Waals surface area contributed by atoms with E-state index in [9.17, 15) is 9.59 Å². The Labute approximate surface area is 206 Å². The van der Waals surface area contributed by atoms with Crippen LogP contribution in [-0.4, -0.2) is 57.6 Å². The van der Waals surface area contributed by atoms with E-state index < -0.39 is 5.60 Å². The van der Waals surface area contributed by atoms with Gasteiger partial charge in [-0.15, -0.1) is 0 Å². The molecule has 35 heavy (non-hydrogen) atoms. The van der Waals surface area contributed by atoms with Crippen molar-refractivity contribution in [3.63, 3.8) is 0 Å². The number of amides is 1. The van der Waals surface area contributed by atoms with Gasteiger partial charge in [-0.2, -0.15) is 0 Å². The van der Waals surface area contributed by atoms with E-state index in [0.29, 0.717) is 5.39 Å². The Morgan fingerprint density at radius 3 is 2.66 bits per heavy atom. The number of carbonyl (C=O) groups is 1. The predicted molar refractivity (Wildman–Crippen MR) is 137 cm³/mol. The minimum atomic E-state index is -0.467. The molecule has 1 atom stereocenters. The molecule has 7 nitrogen and oxygen atoms in total. The van der Waals surface area contributed by atoms with Gasteiger partial charge in [-0.05, 0) is 82.3 Å². The molecule has 1 unspecified atom stereocenters. The largest absolute Gasteiger partial charge is 0.444 e. The molecule has 2 fully saturated rings. The highest BCUT2D eigenvalue weighted by atomic mass is 16.6. The van der Waals surface area contributed by atoms with Gasteiger partial charge < -0.3 is 14.6 Å². The van der Waals surface area contributed by atoms with Crippen molar-refractivity contribution < 1.29 is 9.53 Å². The molecule has 7 heteroatoms. The molecule has 2 aliphatic heterocycles. The predicted octanol–water partition coefficient (Wildman–Crippen LogP) is 4.73. The zero-order valence-corrected chi connectivity index (χ0v) is 21.1. The first-order valence-corrected chi connectivity index (χ1v) is 12.4. The highest BCUT2D eigenvalue weighted by Gasteiger charge is 2.45. The molecule has 0 radical (unpaired) electrons. The van der Waals surface area contributed by atoms with Gasteiger partial charge in [0.2, 0.25) is 0 Å². The van der Waals surface area contributed by atoms with Crippen molar-refractivity contribution in [2.24, 2.45) is 5.41 Å². The smallest absolute Gasteiger partial charge is 0.410 e. The van der Waals surface area contributed by atoms with Gasteiger partial charge in [0.15, 0.2) is 0 Å². The van der Waals surface area contributed by atoms with Gasteiger partial charge >= 0.3 is 6.09 Å². The SMILES string of the molecule is Cc1cccc2c(=O)[nH]c(-c3ccc(CN4CCC5(CCN(C(=O)OC(C)(C)C)C5)C4)nc3)cc12. The number of hydrogen-bond donors (Lipinski definition) is 1. The van der Waals surface area contributed by atoms with E-state index in [2.05, 4.69) is 9.88 Å². The van der Waals surface area contributed by atoms with Crippen LogP contribution in [0.15, 0.2) is 47.4 Å². The van der Waals surface area contributed by atoms with Crippen molar-refractivity contribution in [3.05, 3.63) is 64.2 Å². The summed E-state index contributed by atoms with van der Waals surface area (Å²) in [6.07, 6.45) is 3.74. The zero-order chi connectivity index (χ0) is 24.8. The van der Waals surface area contributed by atoms with Crippen molar-refractivity contribution in [1.82, 2.24) is 19.8 Å². The minimum Gasteiger partial charge on any atom is -0.444 e. The third-order valence-electron chi connectivity index (χ3n) is 7.23. The zero-order valence-electron chi connectivity index (χ0n) is 21.1. The average Bonchev–Trinajstić information content (AvgIpc) is 3.40. The lowest BCUT2D eigenvalue weighted by molar-refractivity contribution is 0.0274. The average molecular weight is 475 g/mol. The van der Waals surface area contributed by atoms with Crippen LogP contribution in [0.25, 0.3) is 22.0 Å². The van der Waals surface area contributed by atoms with Crippen LogP contribution >= 0.6 is 0 Å². The van der Waals surface area contributed by atoms with Gasteiger partial charge in [-0.3, -0.25) is 14.7 Å². The topological polar surface area (TPSA) is 78.5 Å². The third kappa shape index (κ3) is 4.96. The van der Waals surface area contributed by atoms with E-state index >= 15 is 0 Å². The fourth-order valence-corrected chi connectivity index (χ4v) is 5.42. The maximum Gasteiger partial charge on any atom is 0.410 e. The summed E-state index contributed by atoms with van der Waals surface area (Å²) in [7, 11) is 0. The maximum atomic E-state index is 12.6. The number of nitrogens with one attached hydrogen (secondary N) is 1. The summed E-state index contributed by atoms with van der Waals surface area (Å²) >= 11 is 0. The Balaban J connectivity index is 1.24. The summed E-state index contributed by atoms with van der Waals surface area (Å²) in [5.74, 6) is 0. The lowest BCUT2D eigenvalue weighted by atomic mass is 9.86. The van der Waals surface area contributed by atoms with Crippen LogP contribution in [0.2, 0.25) is 0 Å². The monoisotopic (exact) mass is 474 g/mol. The van der Waals surface area contributed by atoms with Crippen molar-refractivity contribution in [1.29, 1.82) is 0 Å². The molecule has 2 aromatic heterocycles. The van der Waals surface area contributed by atoms with Gasteiger partial charge in [-0.1, -0.05) is 12.1 Å². The second kappa shape index (κ2) is 8.79. The van der Waals surface area contributed by atoms with Crippen LogP contribution in [0.3, 0.4) is 0 Å². The molecular weight excluding hydrogens is 440 g/mol. The van der Waals surface area contributed by atoms with E-state index in [1.165, 1.54) is 0 Å². The molecule has 0 saturated carbocycles. The van der Waals surface area contributed by atoms with Crippen molar-refractivity contribution in [2.45, 2.75) is 52.7 Å². The number of hydrogen-bond acceptors (Lipinski definition) is 5. The molecule has 4 heterocycles. The number of H-pyrrole nitrogens is 1. The first-order chi connectivity index (χ1) is 16.6. The lowest BCUT2D eigenvalue weighted by Crippen LogP contribution is -2.37. The molecule has 1 aromatic carbocycles.